The minimum Gasteiger partial charge on any atom is -0.477 e. The molecule has 0 N–H and O–H groups in total. The largest absolute Gasteiger partial charge is 0.477 e. The van der Waals surface area contributed by atoms with E-state index in [9.17, 15) is 13.2 Å². The average Bonchev–Trinajstić information content (AvgIpc) is 3.03. The summed E-state index contributed by atoms with van der Waals surface area (Å²) < 4.78 is 32.7. The zero-order valence-electron chi connectivity index (χ0n) is 20.6. The van der Waals surface area contributed by atoms with Gasteiger partial charge in [-0.25, -0.2) is 13.1 Å². The monoisotopic (exact) mass is 460 g/mol. The quantitative estimate of drug-likeness (QED) is 0.435. The van der Waals surface area contributed by atoms with Crippen molar-refractivity contribution in [2.75, 3.05) is 12.9 Å². The Morgan fingerprint density at radius 1 is 1.06 bits per heavy atom. The van der Waals surface area contributed by atoms with Crippen molar-refractivity contribution in [3.05, 3.63) is 45.7 Å². The van der Waals surface area contributed by atoms with Crippen LogP contribution in [-0.4, -0.2) is 36.8 Å². The summed E-state index contributed by atoms with van der Waals surface area (Å²) in [6.45, 7) is 14.7. The van der Waals surface area contributed by atoms with Gasteiger partial charge in [0.1, 0.15) is 5.56 Å². The zero-order valence-corrected chi connectivity index (χ0v) is 21.4. The Labute approximate surface area is 192 Å². The number of carbonyl (C=O) groups is 1. The molecule has 0 saturated carbocycles. The van der Waals surface area contributed by atoms with Gasteiger partial charge in [-0.15, -0.1) is 0 Å². The molecule has 0 atom stereocenters. The number of ether oxygens (including phenoxy) is 1. The second kappa shape index (κ2) is 10.5. The molecule has 0 bridgehead atoms. The highest BCUT2D eigenvalue weighted by molar-refractivity contribution is 7.90. The molecular formula is C25H36N2O4S. The van der Waals surface area contributed by atoms with Crippen LogP contribution in [0.15, 0.2) is 22.6 Å². The summed E-state index contributed by atoms with van der Waals surface area (Å²) in [7, 11) is -3.46. The Balaban J connectivity index is 2.75. The van der Waals surface area contributed by atoms with Gasteiger partial charge in [-0.3, -0.25) is 4.79 Å². The lowest BCUT2D eigenvalue weighted by Gasteiger charge is -2.17. The van der Waals surface area contributed by atoms with E-state index in [0.717, 1.165) is 30.4 Å². The third-order valence-electron chi connectivity index (χ3n) is 5.67. The van der Waals surface area contributed by atoms with Gasteiger partial charge in [0, 0.05) is 18.4 Å². The SMILES string of the molecule is CCCCn1nc(C)c(C(=O)c2ccc(S(C)(=O)=O)c(C(C)=C(C)C)c2C)c1OCCC. The second-order valence-corrected chi connectivity index (χ2v) is 10.5. The van der Waals surface area contributed by atoms with Gasteiger partial charge < -0.3 is 4.74 Å². The smallest absolute Gasteiger partial charge is 0.223 e. The first-order valence-electron chi connectivity index (χ1n) is 11.2. The minimum atomic E-state index is -3.46. The maximum Gasteiger partial charge on any atom is 0.223 e. The lowest BCUT2D eigenvalue weighted by Crippen LogP contribution is -2.13. The van der Waals surface area contributed by atoms with Gasteiger partial charge in [-0.2, -0.15) is 5.10 Å². The molecule has 1 aromatic heterocycles. The molecule has 0 fully saturated rings. The highest BCUT2D eigenvalue weighted by Crippen LogP contribution is 2.34. The molecule has 32 heavy (non-hydrogen) atoms. The first-order valence-corrected chi connectivity index (χ1v) is 13.1. The van der Waals surface area contributed by atoms with Gasteiger partial charge in [0.15, 0.2) is 9.84 Å². The first kappa shape index (κ1) is 25.8. The number of hydrogen-bond acceptors (Lipinski definition) is 5. The van der Waals surface area contributed by atoms with E-state index in [4.69, 9.17) is 4.74 Å². The van der Waals surface area contributed by atoms with E-state index in [1.54, 1.807) is 16.8 Å². The number of nitrogens with zero attached hydrogens (tertiary/aromatic N) is 2. The van der Waals surface area contributed by atoms with Crippen LogP contribution < -0.4 is 4.74 Å². The molecule has 2 rings (SSSR count). The standard InChI is InChI=1S/C25H36N2O4S/c1-9-11-14-27-25(31-15-10-2)23(19(7)26-27)24(28)20-12-13-21(32(8,29)30)22(18(20)6)17(5)16(3)4/h12-13H,9-11,14-15H2,1-8H3. The molecule has 1 heterocycles. The van der Waals surface area contributed by atoms with Crippen LogP contribution in [0.2, 0.25) is 0 Å². The van der Waals surface area contributed by atoms with E-state index in [-0.39, 0.29) is 10.7 Å². The van der Waals surface area contributed by atoms with Gasteiger partial charge in [-0.05, 0) is 76.3 Å². The lowest BCUT2D eigenvalue weighted by atomic mass is 9.91. The summed E-state index contributed by atoms with van der Waals surface area (Å²) in [6.07, 6.45) is 3.96. The number of rotatable bonds is 10. The van der Waals surface area contributed by atoms with Crippen LogP contribution in [0.3, 0.4) is 0 Å². The van der Waals surface area contributed by atoms with Crippen LogP contribution in [-0.2, 0) is 16.4 Å². The van der Waals surface area contributed by atoms with Gasteiger partial charge >= 0.3 is 0 Å². The second-order valence-electron chi connectivity index (χ2n) is 8.53. The number of unbranched alkanes of at least 4 members (excludes halogenated alkanes) is 1. The number of carbonyl (C=O) groups excluding carboxylic acids is 1. The number of aromatic nitrogens is 2. The highest BCUT2D eigenvalue weighted by atomic mass is 32.2. The Kier molecular flexibility index (Phi) is 8.46. The predicted molar refractivity (Wildman–Crippen MR) is 129 cm³/mol. The van der Waals surface area contributed by atoms with Crippen LogP contribution in [0.25, 0.3) is 5.57 Å². The van der Waals surface area contributed by atoms with Crippen LogP contribution in [0.4, 0.5) is 0 Å². The maximum atomic E-state index is 13.8. The summed E-state index contributed by atoms with van der Waals surface area (Å²) in [5.41, 5.74) is 4.64. The fraction of sp³-hybridized carbons (Fsp3) is 0.520. The maximum absolute atomic E-state index is 13.8. The molecule has 0 radical (unpaired) electrons. The zero-order chi connectivity index (χ0) is 24.2. The number of ketones is 1. The van der Waals surface area contributed by atoms with Crippen molar-refractivity contribution in [2.45, 2.75) is 79.2 Å². The molecule has 6 nitrogen and oxygen atoms in total. The normalized spacial score (nSPS) is 11.5. The Morgan fingerprint density at radius 2 is 1.72 bits per heavy atom. The van der Waals surface area contributed by atoms with E-state index in [0.29, 0.717) is 47.0 Å². The van der Waals surface area contributed by atoms with Crippen molar-refractivity contribution >= 4 is 21.2 Å². The third kappa shape index (κ3) is 5.31. The van der Waals surface area contributed by atoms with E-state index < -0.39 is 9.84 Å². The summed E-state index contributed by atoms with van der Waals surface area (Å²) in [5, 5.41) is 4.59. The highest BCUT2D eigenvalue weighted by Gasteiger charge is 2.28. The molecule has 0 aliphatic rings. The predicted octanol–water partition coefficient (Wildman–Crippen LogP) is 5.54. The topological polar surface area (TPSA) is 78.3 Å². The first-order chi connectivity index (χ1) is 14.9. The van der Waals surface area contributed by atoms with Crippen molar-refractivity contribution in [1.82, 2.24) is 9.78 Å². The van der Waals surface area contributed by atoms with E-state index in [2.05, 4.69) is 12.0 Å². The number of hydrogen-bond donors (Lipinski definition) is 0. The van der Waals surface area contributed by atoms with Gasteiger partial charge in [0.25, 0.3) is 0 Å². The summed E-state index contributed by atoms with van der Waals surface area (Å²) in [4.78, 5) is 14.0. The fourth-order valence-corrected chi connectivity index (χ4v) is 4.71. The average molecular weight is 461 g/mol. The third-order valence-corrected chi connectivity index (χ3v) is 6.81. The van der Waals surface area contributed by atoms with Crippen molar-refractivity contribution in [1.29, 1.82) is 0 Å². The van der Waals surface area contributed by atoms with Crippen LogP contribution in [0.5, 0.6) is 5.88 Å². The van der Waals surface area contributed by atoms with E-state index >= 15 is 0 Å². The van der Waals surface area contributed by atoms with Crippen molar-refractivity contribution < 1.29 is 17.9 Å². The summed E-state index contributed by atoms with van der Waals surface area (Å²) in [5.74, 6) is 0.298. The van der Waals surface area contributed by atoms with E-state index in [1.807, 2.05) is 41.5 Å². The van der Waals surface area contributed by atoms with Crippen molar-refractivity contribution in [3.63, 3.8) is 0 Å². The molecule has 0 saturated heterocycles. The molecule has 0 unspecified atom stereocenters. The van der Waals surface area contributed by atoms with Crippen LogP contribution >= 0.6 is 0 Å². The van der Waals surface area contributed by atoms with Gasteiger partial charge in [0.2, 0.25) is 11.7 Å². The van der Waals surface area contributed by atoms with Gasteiger partial charge in [-0.1, -0.05) is 25.8 Å². The van der Waals surface area contributed by atoms with Crippen LogP contribution in [0, 0.1) is 13.8 Å². The van der Waals surface area contributed by atoms with Crippen LogP contribution in [0.1, 0.15) is 86.6 Å². The Hall–Kier alpha value is -2.41. The molecule has 7 heteroatoms. The molecule has 1 aromatic carbocycles. The molecule has 176 valence electrons. The molecule has 0 aliphatic heterocycles. The number of benzene rings is 1. The van der Waals surface area contributed by atoms with Crippen molar-refractivity contribution in [3.8, 4) is 5.88 Å². The molecule has 0 amide bonds. The Morgan fingerprint density at radius 3 is 2.25 bits per heavy atom. The Bertz CT molecular complexity index is 1140. The van der Waals surface area contributed by atoms with Gasteiger partial charge in [0.05, 0.1) is 17.2 Å². The minimum absolute atomic E-state index is 0.197. The molecular weight excluding hydrogens is 424 g/mol. The fourth-order valence-electron chi connectivity index (χ4n) is 3.72. The lowest BCUT2D eigenvalue weighted by molar-refractivity contribution is 0.103. The number of aryl methyl sites for hydroxylation is 2. The molecule has 0 aliphatic carbocycles. The number of allylic oxidation sites excluding steroid dienone is 2. The molecule has 2 aromatic rings. The summed E-state index contributed by atoms with van der Waals surface area (Å²) in [6, 6.07) is 3.16. The van der Waals surface area contributed by atoms with Crippen molar-refractivity contribution in [2.24, 2.45) is 0 Å². The molecule has 0 spiro atoms. The summed E-state index contributed by atoms with van der Waals surface area (Å²) >= 11 is 0. The number of sulfone groups is 1. The van der Waals surface area contributed by atoms with E-state index in [1.165, 1.54) is 6.26 Å².